The van der Waals surface area contributed by atoms with Crippen LogP contribution >= 0.6 is 0 Å². The van der Waals surface area contributed by atoms with Gasteiger partial charge >= 0.3 is 6.18 Å². The van der Waals surface area contributed by atoms with Crippen molar-refractivity contribution in [2.75, 3.05) is 0 Å². The van der Waals surface area contributed by atoms with Crippen molar-refractivity contribution in [3.63, 3.8) is 0 Å². The lowest BCUT2D eigenvalue weighted by molar-refractivity contribution is -0.137. The molecule has 2 heterocycles. The molecule has 0 atom stereocenters. The van der Waals surface area contributed by atoms with Crippen LogP contribution in [0.2, 0.25) is 0 Å². The van der Waals surface area contributed by atoms with Crippen LogP contribution < -0.4 is 0 Å². The molecule has 0 spiro atoms. The molecular formula is C40H24F4N4. The van der Waals surface area contributed by atoms with Gasteiger partial charge in [0.2, 0.25) is 0 Å². The Kier molecular flexibility index (Phi) is 7.06. The summed E-state index contributed by atoms with van der Waals surface area (Å²) in [5.74, 6) is 0.713. The van der Waals surface area contributed by atoms with Gasteiger partial charge in [0.15, 0.2) is 17.5 Å². The van der Waals surface area contributed by atoms with Crippen LogP contribution in [0.15, 0.2) is 146 Å². The predicted molar refractivity (Wildman–Crippen MR) is 181 cm³/mol. The Morgan fingerprint density at radius 1 is 0.458 bits per heavy atom. The molecule has 0 amide bonds. The lowest BCUT2D eigenvalue weighted by atomic mass is 9.97. The highest BCUT2D eigenvalue weighted by atomic mass is 19.4. The standard InChI is InChI=1S/C40H24F4N4/c41-34-17-9-7-15-30(34)29-22-20-28(48-35-18-10-8-16-31(35)32-21-19-27(23-36(32)48)40(42,43)44)24-33(29)39-46-37(25-11-3-1-4-12-25)45-38(47-39)26-13-5-2-6-14-26/h1-24H. The zero-order valence-electron chi connectivity index (χ0n) is 25.2. The fourth-order valence-electron chi connectivity index (χ4n) is 6.12. The van der Waals surface area contributed by atoms with E-state index < -0.39 is 17.6 Å². The second kappa shape index (κ2) is 11.6. The number of alkyl halides is 3. The monoisotopic (exact) mass is 636 g/mol. The first-order valence-electron chi connectivity index (χ1n) is 15.2. The molecule has 6 aromatic carbocycles. The Bertz CT molecular complexity index is 2400. The van der Waals surface area contributed by atoms with Gasteiger partial charge in [-0.15, -0.1) is 0 Å². The van der Waals surface area contributed by atoms with Crippen molar-refractivity contribution in [2.45, 2.75) is 6.18 Å². The van der Waals surface area contributed by atoms with E-state index in [9.17, 15) is 13.2 Å². The third kappa shape index (κ3) is 5.17. The number of rotatable bonds is 5. The first kappa shape index (κ1) is 29.3. The molecular weight excluding hydrogens is 612 g/mol. The lowest BCUT2D eigenvalue weighted by Crippen LogP contribution is -2.05. The van der Waals surface area contributed by atoms with E-state index >= 15 is 4.39 Å². The van der Waals surface area contributed by atoms with Gasteiger partial charge in [0.05, 0.1) is 16.6 Å². The van der Waals surface area contributed by atoms with Crippen LogP contribution in [0.4, 0.5) is 17.6 Å². The van der Waals surface area contributed by atoms with Crippen LogP contribution in [0.1, 0.15) is 5.56 Å². The average Bonchev–Trinajstić information content (AvgIpc) is 3.46. The molecule has 4 nitrogen and oxygen atoms in total. The number of fused-ring (bicyclic) bond motifs is 3. The van der Waals surface area contributed by atoms with Crippen molar-refractivity contribution < 1.29 is 17.6 Å². The van der Waals surface area contributed by atoms with E-state index in [1.165, 1.54) is 18.2 Å². The zero-order valence-corrected chi connectivity index (χ0v) is 25.2. The average molecular weight is 637 g/mol. The highest BCUT2D eigenvalue weighted by Crippen LogP contribution is 2.40. The Hall–Kier alpha value is -6.15. The number of benzene rings is 6. The van der Waals surface area contributed by atoms with Crippen LogP contribution in [0.3, 0.4) is 0 Å². The topological polar surface area (TPSA) is 43.6 Å². The normalized spacial score (nSPS) is 11.8. The van der Waals surface area contributed by atoms with Gasteiger partial charge in [0, 0.05) is 38.7 Å². The van der Waals surface area contributed by atoms with E-state index in [-0.39, 0.29) is 0 Å². The van der Waals surface area contributed by atoms with Gasteiger partial charge in [-0.3, -0.25) is 0 Å². The third-order valence-electron chi connectivity index (χ3n) is 8.37. The highest BCUT2D eigenvalue weighted by molar-refractivity contribution is 6.09. The van der Waals surface area contributed by atoms with E-state index in [0.29, 0.717) is 50.8 Å². The SMILES string of the molecule is Fc1ccccc1-c1ccc(-n2c3ccccc3c3ccc(C(F)(F)F)cc32)cc1-c1nc(-c2ccccc2)nc(-c2ccccc2)n1. The van der Waals surface area contributed by atoms with Crippen LogP contribution in [-0.2, 0) is 6.18 Å². The quantitative estimate of drug-likeness (QED) is 0.177. The van der Waals surface area contributed by atoms with Crippen molar-refractivity contribution in [3.8, 4) is 51.0 Å². The molecule has 0 fully saturated rings. The van der Waals surface area contributed by atoms with E-state index in [2.05, 4.69) is 0 Å². The molecule has 0 bridgehead atoms. The zero-order chi connectivity index (χ0) is 32.8. The van der Waals surface area contributed by atoms with Gasteiger partial charge in [-0.05, 0) is 42.0 Å². The van der Waals surface area contributed by atoms with E-state index in [0.717, 1.165) is 28.1 Å². The molecule has 232 valence electrons. The van der Waals surface area contributed by atoms with Crippen molar-refractivity contribution in [3.05, 3.63) is 157 Å². The van der Waals surface area contributed by atoms with Crippen molar-refractivity contribution >= 4 is 21.8 Å². The van der Waals surface area contributed by atoms with E-state index in [1.807, 2.05) is 91.0 Å². The summed E-state index contributed by atoms with van der Waals surface area (Å²) in [5.41, 5.74) is 3.82. The van der Waals surface area contributed by atoms with Gasteiger partial charge < -0.3 is 4.57 Å². The number of aromatic nitrogens is 4. The maximum Gasteiger partial charge on any atom is 0.416 e. The van der Waals surface area contributed by atoms with Gasteiger partial charge in [0.25, 0.3) is 0 Å². The predicted octanol–water partition coefficient (Wildman–Crippen LogP) is 10.8. The number of hydrogen-bond donors (Lipinski definition) is 0. The van der Waals surface area contributed by atoms with Crippen molar-refractivity contribution in [2.24, 2.45) is 0 Å². The summed E-state index contributed by atoms with van der Waals surface area (Å²) in [6.07, 6.45) is -4.53. The molecule has 0 saturated carbocycles. The molecule has 48 heavy (non-hydrogen) atoms. The van der Waals surface area contributed by atoms with Gasteiger partial charge in [-0.1, -0.05) is 109 Å². The largest absolute Gasteiger partial charge is 0.416 e. The summed E-state index contributed by atoms with van der Waals surface area (Å²) in [7, 11) is 0. The molecule has 0 N–H and O–H groups in total. The molecule has 8 heteroatoms. The molecule has 0 unspecified atom stereocenters. The molecule has 0 aliphatic carbocycles. The highest BCUT2D eigenvalue weighted by Gasteiger charge is 2.31. The van der Waals surface area contributed by atoms with Crippen LogP contribution in [0.5, 0.6) is 0 Å². The Morgan fingerprint density at radius 2 is 1.04 bits per heavy atom. The summed E-state index contributed by atoms with van der Waals surface area (Å²) in [4.78, 5) is 14.6. The number of nitrogens with zero attached hydrogens (tertiary/aromatic N) is 4. The van der Waals surface area contributed by atoms with Crippen LogP contribution in [-0.4, -0.2) is 19.5 Å². The maximum absolute atomic E-state index is 15.4. The Morgan fingerprint density at radius 3 is 1.71 bits per heavy atom. The Labute approximate surface area is 272 Å². The third-order valence-corrected chi connectivity index (χ3v) is 8.37. The lowest BCUT2D eigenvalue weighted by Gasteiger charge is -2.16. The Balaban J connectivity index is 1.44. The number of para-hydroxylation sites is 1. The smallest absolute Gasteiger partial charge is 0.309 e. The molecule has 0 aliphatic heterocycles. The summed E-state index contributed by atoms with van der Waals surface area (Å²) in [6.45, 7) is 0. The molecule has 2 aromatic heterocycles. The fourth-order valence-corrected chi connectivity index (χ4v) is 6.12. The van der Waals surface area contributed by atoms with Gasteiger partial charge in [-0.25, -0.2) is 19.3 Å². The van der Waals surface area contributed by atoms with E-state index in [1.54, 1.807) is 34.9 Å². The van der Waals surface area contributed by atoms with E-state index in [4.69, 9.17) is 15.0 Å². The minimum absolute atomic E-state index is 0.291. The molecule has 8 rings (SSSR count). The van der Waals surface area contributed by atoms with Crippen molar-refractivity contribution in [1.82, 2.24) is 19.5 Å². The summed E-state index contributed by atoms with van der Waals surface area (Å²) < 4.78 is 59.1. The molecule has 0 aliphatic rings. The maximum atomic E-state index is 15.4. The fraction of sp³-hybridized carbons (Fsp3) is 0.0250. The first-order chi connectivity index (χ1) is 23.3. The second-order valence-electron chi connectivity index (χ2n) is 11.3. The van der Waals surface area contributed by atoms with Crippen LogP contribution in [0, 0.1) is 5.82 Å². The second-order valence-corrected chi connectivity index (χ2v) is 11.3. The number of hydrogen-bond acceptors (Lipinski definition) is 3. The van der Waals surface area contributed by atoms with Crippen molar-refractivity contribution in [1.29, 1.82) is 0 Å². The summed E-state index contributed by atoms with van der Waals surface area (Å²) in [6, 6.07) is 42.0. The molecule has 0 radical (unpaired) electrons. The molecule has 8 aromatic rings. The minimum atomic E-state index is -4.53. The van der Waals surface area contributed by atoms with Gasteiger partial charge in [-0.2, -0.15) is 13.2 Å². The summed E-state index contributed by atoms with van der Waals surface area (Å²) in [5, 5.41) is 1.48. The number of halogens is 4. The van der Waals surface area contributed by atoms with Crippen LogP contribution in [0.25, 0.3) is 72.8 Å². The minimum Gasteiger partial charge on any atom is -0.309 e. The first-order valence-corrected chi connectivity index (χ1v) is 15.2. The molecule has 0 saturated heterocycles. The summed E-state index contributed by atoms with van der Waals surface area (Å²) >= 11 is 0. The van der Waals surface area contributed by atoms with Gasteiger partial charge in [0.1, 0.15) is 5.82 Å².